The van der Waals surface area contributed by atoms with E-state index in [-0.39, 0.29) is 17.5 Å². The van der Waals surface area contributed by atoms with Gasteiger partial charge in [0.15, 0.2) is 0 Å². The van der Waals surface area contributed by atoms with Crippen LogP contribution in [0.2, 0.25) is 0 Å². The molecule has 3 aromatic rings. The van der Waals surface area contributed by atoms with Gasteiger partial charge in [-0.1, -0.05) is 24.3 Å². The highest BCUT2D eigenvalue weighted by Gasteiger charge is 2.33. The van der Waals surface area contributed by atoms with Crippen molar-refractivity contribution in [3.63, 3.8) is 0 Å². The van der Waals surface area contributed by atoms with Crippen LogP contribution in [0.25, 0.3) is 0 Å². The zero-order chi connectivity index (χ0) is 20.5. The lowest BCUT2D eigenvalue weighted by molar-refractivity contribution is -0.116. The average molecular weight is 410 g/mol. The number of rotatable bonds is 4. The van der Waals surface area contributed by atoms with Crippen LogP contribution in [0.5, 0.6) is 5.75 Å². The van der Waals surface area contributed by atoms with Crippen LogP contribution in [0.3, 0.4) is 0 Å². The topological polar surface area (TPSA) is 67.4 Å². The number of amides is 2. The molecule has 2 amide bonds. The first-order chi connectivity index (χ1) is 14.0. The summed E-state index contributed by atoms with van der Waals surface area (Å²) in [6.45, 7) is 1.86. The summed E-state index contributed by atoms with van der Waals surface area (Å²) >= 11 is 1.21. The number of fused-ring (bicyclic) bond motifs is 1. The van der Waals surface area contributed by atoms with Crippen LogP contribution in [0.4, 0.5) is 15.1 Å². The molecule has 0 spiro atoms. The second-order valence-corrected chi connectivity index (χ2v) is 7.83. The van der Waals surface area contributed by atoms with E-state index in [4.69, 9.17) is 4.74 Å². The number of hydrogen-bond acceptors (Lipinski definition) is 4. The normalized spacial score (nSPS) is 15.4. The molecule has 0 unspecified atom stereocenters. The molecule has 2 N–H and O–H groups in total. The SMILES string of the molecule is COc1ccc([C@@H]2CC(=O)Nc3sc(C(=O)Nc4ccccc4F)c(C)c32)cc1. The zero-order valence-corrected chi connectivity index (χ0v) is 16.7. The van der Waals surface area contributed by atoms with Gasteiger partial charge >= 0.3 is 0 Å². The summed E-state index contributed by atoms with van der Waals surface area (Å²) in [7, 11) is 1.60. The predicted octanol–water partition coefficient (Wildman–Crippen LogP) is 4.93. The fourth-order valence-electron chi connectivity index (χ4n) is 3.58. The monoisotopic (exact) mass is 410 g/mol. The van der Waals surface area contributed by atoms with E-state index in [2.05, 4.69) is 10.6 Å². The first-order valence-corrected chi connectivity index (χ1v) is 9.92. The molecule has 1 aliphatic heterocycles. The van der Waals surface area contributed by atoms with Gasteiger partial charge in [0.1, 0.15) is 11.6 Å². The quantitative estimate of drug-likeness (QED) is 0.641. The van der Waals surface area contributed by atoms with Crippen molar-refractivity contribution in [2.45, 2.75) is 19.3 Å². The Bertz CT molecular complexity index is 1090. The Kier molecular flexibility index (Phi) is 5.07. The number of thiophene rings is 1. The molecular weight excluding hydrogens is 391 g/mol. The van der Waals surface area contributed by atoms with E-state index in [0.717, 1.165) is 22.4 Å². The van der Waals surface area contributed by atoms with Gasteiger partial charge in [0.05, 0.1) is 22.7 Å². The number of halogens is 1. The minimum atomic E-state index is -0.496. The van der Waals surface area contributed by atoms with Gasteiger partial charge in [0.2, 0.25) is 5.91 Å². The van der Waals surface area contributed by atoms with Crippen molar-refractivity contribution in [2.24, 2.45) is 0 Å². The summed E-state index contributed by atoms with van der Waals surface area (Å²) < 4.78 is 19.1. The van der Waals surface area contributed by atoms with E-state index in [1.165, 1.54) is 23.5 Å². The van der Waals surface area contributed by atoms with Gasteiger partial charge in [-0.15, -0.1) is 11.3 Å². The number of anilines is 2. The Morgan fingerprint density at radius 3 is 2.62 bits per heavy atom. The largest absolute Gasteiger partial charge is 0.497 e. The van der Waals surface area contributed by atoms with Gasteiger partial charge in [-0.2, -0.15) is 0 Å². The molecule has 4 rings (SSSR count). The number of ether oxygens (including phenoxy) is 1. The lowest BCUT2D eigenvalue weighted by atomic mass is 9.85. The third kappa shape index (κ3) is 3.61. The van der Waals surface area contributed by atoms with E-state index < -0.39 is 11.7 Å². The maximum Gasteiger partial charge on any atom is 0.266 e. The molecule has 0 radical (unpaired) electrons. The lowest BCUT2D eigenvalue weighted by Gasteiger charge is -2.24. The summed E-state index contributed by atoms with van der Waals surface area (Å²) in [6.07, 6.45) is 0.297. The molecular formula is C22H19FN2O3S. The van der Waals surface area contributed by atoms with Gasteiger partial charge in [-0.3, -0.25) is 9.59 Å². The van der Waals surface area contributed by atoms with Gasteiger partial charge in [0.25, 0.3) is 5.91 Å². The summed E-state index contributed by atoms with van der Waals surface area (Å²) in [5.74, 6) is -0.406. The summed E-state index contributed by atoms with van der Waals surface area (Å²) in [5, 5.41) is 6.16. The number of carbonyl (C=O) groups is 2. The molecule has 0 fully saturated rings. The summed E-state index contributed by atoms with van der Waals surface area (Å²) in [5.41, 5.74) is 2.82. The molecule has 0 saturated carbocycles. The second-order valence-electron chi connectivity index (χ2n) is 6.81. The van der Waals surface area contributed by atoms with Crippen LogP contribution < -0.4 is 15.4 Å². The van der Waals surface area contributed by atoms with Crippen molar-refractivity contribution < 1.29 is 18.7 Å². The summed E-state index contributed by atoms with van der Waals surface area (Å²) in [6, 6.07) is 13.6. The summed E-state index contributed by atoms with van der Waals surface area (Å²) in [4.78, 5) is 25.6. The number of carbonyl (C=O) groups excluding carboxylic acids is 2. The molecule has 2 heterocycles. The molecule has 2 aromatic carbocycles. The highest BCUT2D eigenvalue weighted by atomic mass is 32.1. The Balaban J connectivity index is 1.70. The third-order valence-corrected chi connectivity index (χ3v) is 6.25. The molecule has 0 aliphatic carbocycles. The van der Waals surface area contributed by atoms with Gasteiger partial charge in [-0.05, 0) is 47.9 Å². The highest BCUT2D eigenvalue weighted by molar-refractivity contribution is 7.18. The minimum Gasteiger partial charge on any atom is -0.497 e. The van der Waals surface area contributed by atoms with Crippen LogP contribution in [0.15, 0.2) is 48.5 Å². The predicted molar refractivity (Wildman–Crippen MR) is 111 cm³/mol. The number of hydrogen-bond donors (Lipinski definition) is 2. The number of para-hydroxylation sites is 1. The Morgan fingerprint density at radius 1 is 1.21 bits per heavy atom. The van der Waals surface area contributed by atoms with Crippen molar-refractivity contribution in [3.8, 4) is 5.75 Å². The van der Waals surface area contributed by atoms with E-state index in [9.17, 15) is 14.0 Å². The Labute approximate surface area is 171 Å². The molecule has 0 saturated heterocycles. The number of methoxy groups -OCH3 is 1. The van der Waals surface area contributed by atoms with Gasteiger partial charge in [-0.25, -0.2) is 4.39 Å². The Morgan fingerprint density at radius 2 is 1.93 bits per heavy atom. The van der Waals surface area contributed by atoms with E-state index in [1.807, 2.05) is 31.2 Å². The third-order valence-electron chi connectivity index (χ3n) is 5.03. The van der Waals surface area contributed by atoms with Crippen LogP contribution >= 0.6 is 11.3 Å². The molecule has 1 aliphatic rings. The molecule has 1 atom stereocenters. The van der Waals surface area contributed by atoms with Crippen molar-refractivity contribution in [1.29, 1.82) is 0 Å². The molecule has 1 aromatic heterocycles. The second kappa shape index (κ2) is 7.67. The standard InChI is InChI=1S/C22H19FN2O3S/c1-12-19-15(13-7-9-14(28-2)10-8-13)11-18(26)25-22(19)29-20(12)21(27)24-17-6-4-3-5-16(17)23/h3-10,15H,11H2,1-2H3,(H,24,27)(H,25,26)/t15-/m0/s1. The van der Waals surface area contributed by atoms with Crippen LogP contribution in [0, 0.1) is 12.7 Å². The number of benzene rings is 2. The zero-order valence-electron chi connectivity index (χ0n) is 15.9. The highest BCUT2D eigenvalue weighted by Crippen LogP contribution is 2.45. The van der Waals surface area contributed by atoms with Gasteiger partial charge in [0, 0.05) is 12.3 Å². The maximum absolute atomic E-state index is 13.9. The van der Waals surface area contributed by atoms with Crippen molar-refractivity contribution in [2.75, 3.05) is 17.7 Å². The number of nitrogens with one attached hydrogen (secondary N) is 2. The van der Waals surface area contributed by atoms with E-state index in [1.54, 1.807) is 19.2 Å². The van der Waals surface area contributed by atoms with E-state index >= 15 is 0 Å². The van der Waals surface area contributed by atoms with Crippen molar-refractivity contribution >= 4 is 33.8 Å². The first kappa shape index (κ1) is 19.1. The fourth-order valence-corrected chi connectivity index (χ4v) is 4.76. The molecule has 148 valence electrons. The van der Waals surface area contributed by atoms with E-state index in [0.29, 0.717) is 16.3 Å². The van der Waals surface area contributed by atoms with Crippen molar-refractivity contribution in [3.05, 3.63) is 75.9 Å². The Hall–Kier alpha value is -3.19. The van der Waals surface area contributed by atoms with Crippen molar-refractivity contribution in [1.82, 2.24) is 0 Å². The first-order valence-electron chi connectivity index (χ1n) is 9.11. The minimum absolute atomic E-state index is 0.0966. The maximum atomic E-state index is 13.9. The average Bonchev–Trinajstić information content (AvgIpc) is 3.05. The van der Waals surface area contributed by atoms with Crippen LogP contribution in [-0.2, 0) is 4.79 Å². The van der Waals surface area contributed by atoms with Gasteiger partial charge < -0.3 is 15.4 Å². The molecule has 29 heavy (non-hydrogen) atoms. The van der Waals surface area contributed by atoms with Crippen LogP contribution in [-0.4, -0.2) is 18.9 Å². The van der Waals surface area contributed by atoms with Crippen LogP contribution in [0.1, 0.15) is 38.7 Å². The fraction of sp³-hybridized carbons (Fsp3) is 0.182. The molecule has 0 bridgehead atoms. The lowest BCUT2D eigenvalue weighted by Crippen LogP contribution is -2.22. The molecule has 7 heteroatoms. The smallest absolute Gasteiger partial charge is 0.266 e. The molecule has 5 nitrogen and oxygen atoms in total.